The van der Waals surface area contributed by atoms with E-state index in [0.29, 0.717) is 21.3 Å². The van der Waals surface area contributed by atoms with Crippen molar-refractivity contribution in [2.24, 2.45) is 0 Å². The van der Waals surface area contributed by atoms with E-state index >= 15 is 0 Å². The Morgan fingerprint density at radius 3 is 2.68 bits per heavy atom. The van der Waals surface area contributed by atoms with Crippen molar-refractivity contribution in [2.75, 3.05) is 6.54 Å². The lowest BCUT2D eigenvalue weighted by Crippen LogP contribution is -2.28. The molecular formula is C12H11Cl2N3O2. The van der Waals surface area contributed by atoms with Crippen LogP contribution in [0.2, 0.25) is 10.0 Å². The van der Waals surface area contributed by atoms with Crippen molar-refractivity contribution in [1.29, 1.82) is 0 Å². The van der Waals surface area contributed by atoms with E-state index < -0.39 is 6.10 Å². The third kappa shape index (κ3) is 3.26. The second-order valence-electron chi connectivity index (χ2n) is 3.83. The standard InChI is InChI=1S/C12H11Cl2N3O2/c13-7-2-1-3-8(14)11(7)10(18)5-16-12(19)9-4-15-6-17-9/h1-4,6,10,18H,5H2,(H,15,17)(H,16,19). The molecule has 3 N–H and O–H groups in total. The molecule has 0 spiro atoms. The third-order valence-electron chi connectivity index (χ3n) is 2.53. The number of hydrogen-bond donors (Lipinski definition) is 3. The Morgan fingerprint density at radius 1 is 1.42 bits per heavy atom. The highest BCUT2D eigenvalue weighted by Crippen LogP contribution is 2.29. The predicted molar refractivity (Wildman–Crippen MR) is 72.3 cm³/mol. The number of nitrogens with zero attached hydrogens (tertiary/aromatic N) is 1. The van der Waals surface area contributed by atoms with Crippen LogP contribution in [-0.2, 0) is 0 Å². The molecule has 0 aliphatic rings. The quantitative estimate of drug-likeness (QED) is 0.810. The van der Waals surface area contributed by atoms with Gasteiger partial charge in [-0.15, -0.1) is 0 Å². The summed E-state index contributed by atoms with van der Waals surface area (Å²) in [6.45, 7) is 0.00130. The molecule has 19 heavy (non-hydrogen) atoms. The Balaban J connectivity index is 2.02. The lowest BCUT2D eigenvalue weighted by atomic mass is 10.1. The van der Waals surface area contributed by atoms with Gasteiger partial charge in [0.2, 0.25) is 0 Å². The Labute approximate surface area is 119 Å². The topological polar surface area (TPSA) is 78.0 Å². The van der Waals surface area contributed by atoms with Gasteiger partial charge in [0.15, 0.2) is 0 Å². The molecule has 1 amide bonds. The first kappa shape index (κ1) is 13.9. The maximum atomic E-state index is 11.7. The number of carbonyl (C=O) groups excluding carboxylic acids is 1. The van der Waals surface area contributed by atoms with Gasteiger partial charge in [0, 0.05) is 22.2 Å². The number of rotatable bonds is 4. The predicted octanol–water partition coefficient (Wildman–Crippen LogP) is 2.18. The SMILES string of the molecule is O=C(NCC(O)c1c(Cl)cccc1Cl)c1cnc[nH]1. The number of aliphatic hydroxyl groups is 1. The van der Waals surface area contributed by atoms with Crippen LogP contribution in [0.4, 0.5) is 0 Å². The Bertz CT molecular complexity index is 552. The number of halogens is 2. The van der Waals surface area contributed by atoms with Gasteiger partial charge in [0.1, 0.15) is 5.69 Å². The number of benzene rings is 1. The summed E-state index contributed by atoms with van der Waals surface area (Å²) in [5.74, 6) is -0.361. The molecule has 0 radical (unpaired) electrons. The van der Waals surface area contributed by atoms with Crippen LogP contribution in [0.5, 0.6) is 0 Å². The lowest BCUT2D eigenvalue weighted by Gasteiger charge is -2.14. The highest BCUT2D eigenvalue weighted by Gasteiger charge is 2.17. The zero-order valence-electron chi connectivity index (χ0n) is 9.73. The number of aromatic nitrogens is 2. The van der Waals surface area contributed by atoms with Gasteiger partial charge in [-0.1, -0.05) is 29.3 Å². The van der Waals surface area contributed by atoms with Gasteiger partial charge < -0.3 is 15.4 Å². The average molecular weight is 300 g/mol. The number of H-pyrrole nitrogens is 1. The molecule has 0 saturated heterocycles. The summed E-state index contributed by atoms with van der Waals surface area (Å²) in [5.41, 5.74) is 0.716. The van der Waals surface area contributed by atoms with Crippen LogP contribution in [0, 0.1) is 0 Å². The molecule has 1 unspecified atom stereocenters. The van der Waals surface area contributed by atoms with E-state index in [-0.39, 0.29) is 12.5 Å². The van der Waals surface area contributed by atoms with E-state index in [1.54, 1.807) is 18.2 Å². The normalized spacial score (nSPS) is 12.2. The van der Waals surface area contributed by atoms with Crippen molar-refractivity contribution in [1.82, 2.24) is 15.3 Å². The van der Waals surface area contributed by atoms with Crippen molar-refractivity contribution < 1.29 is 9.90 Å². The van der Waals surface area contributed by atoms with Gasteiger partial charge in [0.05, 0.1) is 18.6 Å². The molecule has 2 rings (SSSR count). The van der Waals surface area contributed by atoms with Gasteiger partial charge in [0.25, 0.3) is 5.91 Å². The van der Waals surface area contributed by atoms with E-state index in [2.05, 4.69) is 15.3 Å². The molecule has 0 bridgehead atoms. The fraction of sp³-hybridized carbons (Fsp3) is 0.167. The second-order valence-corrected chi connectivity index (χ2v) is 4.64. The third-order valence-corrected chi connectivity index (χ3v) is 3.19. The largest absolute Gasteiger partial charge is 0.386 e. The van der Waals surface area contributed by atoms with E-state index in [1.807, 2.05) is 0 Å². The molecule has 1 heterocycles. The first-order chi connectivity index (χ1) is 9.09. The molecule has 1 atom stereocenters. The van der Waals surface area contributed by atoms with E-state index in [9.17, 15) is 9.90 Å². The van der Waals surface area contributed by atoms with Crippen LogP contribution < -0.4 is 5.32 Å². The van der Waals surface area contributed by atoms with Crippen LogP contribution in [0.3, 0.4) is 0 Å². The molecule has 2 aromatic rings. The van der Waals surface area contributed by atoms with Crippen LogP contribution >= 0.6 is 23.2 Å². The van der Waals surface area contributed by atoms with Gasteiger partial charge in [-0.05, 0) is 12.1 Å². The second kappa shape index (κ2) is 6.06. The molecule has 5 nitrogen and oxygen atoms in total. The minimum absolute atomic E-state index is 0.00130. The van der Waals surface area contributed by atoms with E-state index in [1.165, 1.54) is 12.5 Å². The molecule has 0 saturated carbocycles. The van der Waals surface area contributed by atoms with Gasteiger partial charge in [-0.25, -0.2) is 4.98 Å². The summed E-state index contributed by atoms with van der Waals surface area (Å²) < 4.78 is 0. The zero-order valence-corrected chi connectivity index (χ0v) is 11.2. The van der Waals surface area contributed by atoms with Crippen LogP contribution in [0.1, 0.15) is 22.2 Å². The first-order valence-electron chi connectivity index (χ1n) is 5.48. The number of nitrogens with one attached hydrogen (secondary N) is 2. The number of aliphatic hydroxyl groups excluding tert-OH is 1. The molecule has 0 fully saturated rings. The average Bonchev–Trinajstić information content (AvgIpc) is 2.89. The van der Waals surface area contributed by atoms with Crippen molar-refractivity contribution in [2.45, 2.75) is 6.10 Å². The fourth-order valence-corrected chi connectivity index (χ4v) is 2.25. The summed E-state index contributed by atoms with van der Waals surface area (Å²) in [6.07, 6.45) is 1.81. The minimum atomic E-state index is -0.979. The lowest BCUT2D eigenvalue weighted by molar-refractivity contribution is 0.0912. The molecule has 100 valence electrons. The van der Waals surface area contributed by atoms with Crippen LogP contribution in [0.25, 0.3) is 0 Å². The molecule has 1 aromatic heterocycles. The highest BCUT2D eigenvalue weighted by atomic mass is 35.5. The van der Waals surface area contributed by atoms with Crippen LogP contribution in [-0.4, -0.2) is 27.5 Å². The minimum Gasteiger partial charge on any atom is -0.386 e. The smallest absolute Gasteiger partial charge is 0.269 e. The summed E-state index contributed by atoms with van der Waals surface area (Å²) in [7, 11) is 0. The Morgan fingerprint density at radius 2 is 2.11 bits per heavy atom. The van der Waals surface area contributed by atoms with Crippen molar-refractivity contribution in [3.8, 4) is 0 Å². The molecule has 0 aliphatic heterocycles. The first-order valence-corrected chi connectivity index (χ1v) is 6.23. The van der Waals surface area contributed by atoms with Gasteiger partial charge >= 0.3 is 0 Å². The molecule has 1 aromatic carbocycles. The number of hydrogen-bond acceptors (Lipinski definition) is 3. The summed E-state index contributed by atoms with van der Waals surface area (Å²) in [5, 5.41) is 13.3. The Hall–Kier alpha value is -1.56. The van der Waals surface area contributed by atoms with Gasteiger partial charge in [-0.2, -0.15) is 0 Å². The van der Waals surface area contributed by atoms with Gasteiger partial charge in [-0.3, -0.25) is 4.79 Å². The van der Waals surface area contributed by atoms with Crippen LogP contribution in [0.15, 0.2) is 30.7 Å². The van der Waals surface area contributed by atoms with Crippen molar-refractivity contribution >= 4 is 29.1 Å². The van der Waals surface area contributed by atoms with Crippen molar-refractivity contribution in [3.05, 3.63) is 52.0 Å². The highest BCUT2D eigenvalue weighted by molar-refractivity contribution is 6.36. The summed E-state index contributed by atoms with van der Waals surface area (Å²) in [6, 6.07) is 4.94. The zero-order chi connectivity index (χ0) is 13.8. The monoisotopic (exact) mass is 299 g/mol. The molecule has 0 aliphatic carbocycles. The number of amides is 1. The number of carbonyl (C=O) groups is 1. The fourth-order valence-electron chi connectivity index (χ4n) is 1.60. The summed E-state index contributed by atoms with van der Waals surface area (Å²) in [4.78, 5) is 18.1. The maximum absolute atomic E-state index is 11.7. The molecular weight excluding hydrogens is 289 g/mol. The maximum Gasteiger partial charge on any atom is 0.269 e. The number of imidazole rings is 1. The summed E-state index contributed by atoms with van der Waals surface area (Å²) >= 11 is 11.9. The Kier molecular flexibility index (Phi) is 4.42. The number of aromatic amines is 1. The van der Waals surface area contributed by atoms with E-state index in [4.69, 9.17) is 23.2 Å². The molecule has 7 heteroatoms. The van der Waals surface area contributed by atoms with Crippen molar-refractivity contribution in [3.63, 3.8) is 0 Å². The van der Waals surface area contributed by atoms with E-state index in [0.717, 1.165) is 0 Å².